The van der Waals surface area contributed by atoms with Gasteiger partial charge >= 0.3 is 0 Å². The molecule has 1 heterocycles. The summed E-state index contributed by atoms with van der Waals surface area (Å²) in [6.45, 7) is 1.80. The van der Waals surface area contributed by atoms with Crippen LogP contribution in [0.1, 0.15) is 36.6 Å². The predicted molar refractivity (Wildman–Crippen MR) is 121 cm³/mol. The van der Waals surface area contributed by atoms with Gasteiger partial charge in [0.05, 0.1) is 21.8 Å². The van der Waals surface area contributed by atoms with E-state index in [1.54, 1.807) is 63.5 Å². The minimum atomic E-state index is -0.420. The Kier molecular flexibility index (Phi) is 6.67. The molecular weight excluding hydrogens is 416 g/mol. The molecule has 0 aliphatic carbocycles. The van der Waals surface area contributed by atoms with Crippen LogP contribution in [0.4, 0.5) is 11.4 Å². The van der Waals surface area contributed by atoms with Crippen LogP contribution in [0.5, 0.6) is 0 Å². The maximum atomic E-state index is 13.0. The number of rotatable bonds is 5. The molecule has 0 atom stereocenters. The number of halogens is 1. The van der Waals surface area contributed by atoms with Crippen molar-refractivity contribution in [1.29, 1.82) is 0 Å². The summed E-state index contributed by atoms with van der Waals surface area (Å²) in [5.41, 5.74) is 2.64. The number of pyridine rings is 1. The standard InChI is InChI=1S/C23H21ClN4O3/c1-14-5-4-6-18(20(14)27-21(29)15-9-11-25-12-10-15)22(30)26-16-7-8-17(19(24)13-16)23(31)28(2)3/h4-13H,1-3H3,(H,26,30)(H,27,29). The van der Waals surface area contributed by atoms with Gasteiger partial charge in [-0.1, -0.05) is 23.7 Å². The number of benzene rings is 2. The molecule has 1 aromatic heterocycles. The molecule has 0 aliphatic heterocycles. The highest BCUT2D eigenvalue weighted by molar-refractivity contribution is 6.34. The van der Waals surface area contributed by atoms with Gasteiger partial charge in [0.2, 0.25) is 0 Å². The van der Waals surface area contributed by atoms with Gasteiger partial charge in [-0.15, -0.1) is 0 Å². The van der Waals surface area contributed by atoms with E-state index < -0.39 is 5.91 Å². The first-order valence-electron chi connectivity index (χ1n) is 9.41. The normalized spacial score (nSPS) is 10.3. The molecule has 0 bridgehead atoms. The number of amides is 3. The summed E-state index contributed by atoms with van der Waals surface area (Å²) in [7, 11) is 3.27. The molecule has 8 heteroatoms. The van der Waals surface area contributed by atoms with Gasteiger partial charge < -0.3 is 15.5 Å². The zero-order chi connectivity index (χ0) is 22.5. The van der Waals surface area contributed by atoms with Crippen LogP contribution in [-0.4, -0.2) is 41.7 Å². The highest BCUT2D eigenvalue weighted by Gasteiger charge is 2.18. The van der Waals surface area contributed by atoms with Gasteiger partial charge in [0.1, 0.15) is 0 Å². The van der Waals surface area contributed by atoms with E-state index in [9.17, 15) is 14.4 Å². The first kappa shape index (κ1) is 22.0. The Bertz CT molecular complexity index is 1150. The molecule has 0 saturated carbocycles. The van der Waals surface area contributed by atoms with Gasteiger partial charge in [-0.25, -0.2) is 0 Å². The zero-order valence-corrected chi connectivity index (χ0v) is 18.0. The van der Waals surface area contributed by atoms with Gasteiger partial charge in [-0.2, -0.15) is 0 Å². The van der Waals surface area contributed by atoms with Crippen molar-refractivity contribution >= 4 is 40.7 Å². The number of nitrogens with zero attached hydrogens (tertiary/aromatic N) is 2. The van der Waals surface area contributed by atoms with E-state index >= 15 is 0 Å². The smallest absolute Gasteiger partial charge is 0.257 e. The summed E-state index contributed by atoms with van der Waals surface area (Å²) in [6, 6.07) is 13.0. The number of aryl methyl sites for hydroxylation is 1. The highest BCUT2D eigenvalue weighted by atomic mass is 35.5. The second-order valence-corrected chi connectivity index (χ2v) is 7.44. The topological polar surface area (TPSA) is 91.4 Å². The molecular formula is C23H21ClN4O3. The number of anilines is 2. The van der Waals surface area contributed by atoms with Crippen LogP contribution in [0.3, 0.4) is 0 Å². The van der Waals surface area contributed by atoms with Crippen molar-refractivity contribution in [2.45, 2.75) is 6.92 Å². The third kappa shape index (κ3) is 5.07. The fourth-order valence-electron chi connectivity index (χ4n) is 2.92. The maximum absolute atomic E-state index is 13.0. The van der Waals surface area contributed by atoms with Gasteiger partial charge in [-0.3, -0.25) is 19.4 Å². The molecule has 0 radical (unpaired) electrons. The number of hydrogen-bond donors (Lipinski definition) is 2. The monoisotopic (exact) mass is 436 g/mol. The average molecular weight is 437 g/mol. The van der Waals surface area contributed by atoms with Crippen LogP contribution in [0.25, 0.3) is 0 Å². The fraction of sp³-hybridized carbons (Fsp3) is 0.130. The summed E-state index contributed by atoms with van der Waals surface area (Å²) in [6.07, 6.45) is 3.05. The van der Waals surface area contributed by atoms with E-state index in [4.69, 9.17) is 11.6 Å². The summed E-state index contributed by atoms with van der Waals surface area (Å²) in [4.78, 5) is 43.0. The van der Waals surface area contributed by atoms with E-state index in [0.29, 0.717) is 28.1 Å². The first-order valence-corrected chi connectivity index (χ1v) is 9.79. The second-order valence-electron chi connectivity index (χ2n) is 7.04. The van der Waals surface area contributed by atoms with Crippen molar-refractivity contribution in [2.75, 3.05) is 24.7 Å². The Balaban J connectivity index is 1.84. The molecule has 0 aliphatic rings. The summed E-state index contributed by atoms with van der Waals surface area (Å²) >= 11 is 6.23. The van der Waals surface area contributed by atoms with Crippen molar-refractivity contribution in [1.82, 2.24) is 9.88 Å². The molecule has 158 valence electrons. The van der Waals surface area contributed by atoms with E-state index in [2.05, 4.69) is 15.6 Å². The lowest BCUT2D eigenvalue weighted by Crippen LogP contribution is -2.22. The largest absolute Gasteiger partial charge is 0.345 e. The van der Waals surface area contributed by atoms with Crippen molar-refractivity contribution < 1.29 is 14.4 Å². The lowest BCUT2D eigenvalue weighted by molar-refractivity contribution is 0.0827. The molecule has 3 aromatic rings. The number of nitrogens with one attached hydrogen (secondary N) is 2. The molecule has 2 N–H and O–H groups in total. The molecule has 3 rings (SSSR count). The number of carbonyl (C=O) groups excluding carboxylic acids is 3. The Morgan fingerprint density at radius 3 is 2.26 bits per heavy atom. The second kappa shape index (κ2) is 9.40. The Morgan fingerprint density at radius 1 is 0.903 bits per heavy atom. The Labute approximate surface area is 185 Å². The number of aromatic nitrogens is 1. The quantitative estimate of drug-likeness (QED) is 0.625. The molecule has 7 nitrogen and oxygen atoms in total. The molecule has 0 fully saturated rings. The molecule has 0 spiro atoms. The first-order chi connectivity index (χ1) is 14.8. The van der Waals surface area contributed by atoms with Crippen molar-refractivity contribution in [2.24, 2.45) is 0 Å². The SMILES string of the molecule is Cc1cccc(C(=O)Nc2ccc(C(=O)N(C)C)c(Cl)c2)c1NC(=O)c1ccncc1. The van der Waals surface area contributed by atoms with Crippen LogP contribution in [0.15, 0.2) is 60.9 Å². The van der Waals surface area contributed by atoms with E-state index in [1.165, 1.54) is 23.4 Å². The summed E-state index contributed by atoms with van der Waals surface area (Å²) in [5.74, 6) is -1.00. The van der Waals surface area contributed by atoms with Crippen LogP contribution >= 0.6 is 11.6 Å². The molecule has 31 heavy (non-hydrogen) atoms. The van der Waals surface area contributed by atoms with Crippen LogP contribution in [0, 0.1) is 6.92 Å². The van der Waals surface area contributed by atoms with E-state index in [0.717, 1.165) is 5.56 Å². The average Bonchev–Trinajstić information content (AvgIpc) is 2.75. The minimum Gasteiger partial charge on any atom is -0.345 e. The number of hydrogen-bond acceptors (Lipinski definition) is 4. The van der Waals surface area contributed by atoms with Gasteiger partial charge in [0, 0.05) is 37.7 Å². The zero-order valence-electron chi connectivity index (χ0n) is 17.3. The minimum absolute atomic E-state index is 0.229. The van der Waals surface area contributed by atoms with Crippen LogP contribution < -0.4 is 10.6 Å². The Hall–Kier alpha value is -3.71. The summed E-state index contributed by atoms with van der Waals surface area (Å²) < 4.78 is 0. The molecule has 0 unspecified atom stereocenters. The Morgan fingerprint density at radius 2 is 1.61 bits per heavy atom. The third-order valence-electron chi connectivity index (χ3n) is 4.56. The highest BCUT2D eigenvalue weighted by Crippen LogP contribution is 2.25. The number of para-hydroxylation sites is 1. The van der Waals surface area contributed by atoms with E-state index in [1.807, 2.05) is 0 Å². The van der Waals surface area contributed by atoms with Gasteiger partial charge in [0.15, 0.2) is 0 Å². The van der Waals surface area contributed by atoms with Crippen molar-refractivity contribution in [3.05, 3.63) is 88.2 Å². The van der Waals surface area contributed by atoms with Crippen LogP contribution in [-0.2, 0) is 0 Å². The summed E-state index contributed by atoms with van der Waals surface area (Å²) in [5, 5.41) is 5.80. The molecule has 2 aromatic carbocycles. The lowest BCUT2D eigenvalue weighted by atomic mass is 10.1. The fourth-order valence-corrected chi connectivity index (χ4v) is 3.18. The molecule has 0 saturated heterocycles. The predicted octanol–water partition coefficient (Wildman–Crippen LogP) is 4.25. The van der Waals surface area contributed by atoms with Crippen LogP contribution in [0.2, 0.25) is 5.02 Å². The van der Waals surface area contributed by atoms with E-state index in [-0.39, 0.29) is 16.8 Å². The molecule has 3 amide bonds. The van der Waals surface area contributed by atoms with Gasteiger partial charge in [-0.05, 0) is 48.9 Å². The number of carbonyl (C=O) groups is 3. The maximum Gasteiger partial charge on any atom is 0.257 e. The van der Waals surface area contributed by atoms with Crippen molar-refractivity contribution in [3.63, 3.8) is 0 Å². The lowest BCUT2D eigenvalue weighted by Gasteiger charge is -2.15. The third-order valence-corrected chi connectivity index (χ3v) is 4.87. The van der Waals surface area contributed by atoms with Crippen molar-refractivity contribution in [3.8, 4) is 0 Å². The van der Waals surface area contributed by atoms with Gasteiger partial charge in [0.25, 0.3) is 17.7 Å².